The van der Waals surface area contributed by atoms with Gasteiger partial charge in [-0.3, -0.25) is 9.59 Å². The number of nitrogens with zero attached hydrogens (tertiary/aromatic N) is 4. The fourth-order valence-electron chi connectivity index (χ4n) is 3.20. The fraction of sp³-hybridized carbons (Fsp3) is 0.556. The Balaban J connectivity index is 1.67. The van der Waals surface area contributed by atoms with Crippen molar-refractivity contribution in [3.8, 4) is 0 Å². The van der Waals surface area contributed by atoms with Gasteiger partial charge in [-0.05, 0) is 24.8 Å². The SMILES string of the molecule is CC(C)C(=O)N1CCCC(NC(=O)c2cc3ncc(CCO)cn3n2)C1. The molecule has 0 bridgehead atoms. The van der Waals surface area contributed by atoms with Crippen LogP contribution in [0.5, 0.6) is 0 Å². The number of aliphatic hydroxyl groups is 1. The molecule has 1 unspecified atom stereocenters. The summed E-state index contributed by atoms with van der Waals surface area (Å²) in [5, 5.41) is 16.3. The minimum absolute atomic E-state index is 0.0368. The second-order valence-electron chi connectivity index (χ2n) is 7.02. The number of nitrogens with one attached hydrogen (secondary N) is 1. The van der Waals surface area contributed by atoms with Gasteiger partial charge in [-0.1, -0.05) is 13.8 Å². The van der Waals surface area contributed by atoms with Gasteiger partial charge < -0.3 is 15.3 Å². The van der Waals surface area contributed by atoms with E-state index < -0.39 is 0 Å². The summed E-state index contributed by atoms with van der Waals surface area (Å²) >= 11 is 0. The average molecular weight is 359 g/mol. The Labute approximate surface area is 152 Å². The summed E-state index contributed by atoms with van der Waals surface area (Å²) in [6.07, 6.45) is 5.65. The molecule has 2 amide bonds. The second-order valence-corrected chi connectivity index (χ2v) is 7.02. The molecule has 0 spiro atoms. The molecule has 1 saturated heterocycles. The number of hydrogen-bond acceptors (Lipinski definition) is 5. The molecule has 1 aliphatic heterocycles. The summed E-state index contributed by atoms with van der Waals surface area (Å²) in [5.41, 5.74) is 1.73. The first-order valence-corrected chi connectivity index (χ1v) is 9.02. The van der Waals surface area contributed by atoms with Gasteiger partial charge in [0.1, 0.15) is 0 Å². The molecule has 26 heavy (non-hydrogen) atoms. The van der Waals surface area contributed by atoms with Crippen molar-refractivity contribution in [2.45, 2.75) is 39.2 Å². The first-order chi connectivity index (χ1) is 12.5. The van der Waals surface area contributed by atoms with E-state index in [-0.39, 0.29) is 30.4 Å². The summed E-state index contributed by atoms with van der Waals surface area (Å²) in [7, 11) is 0. The standard InChI is InChI=1S/C18H25N5O3/c1-12(2)18(26)22-6-3-4-14(11-22)20-17(25)15-8-16-19-9-13(5-7-24)10-23(16)21-15/h8-10,12,14,24H,3-7,11H2,1-2H3,(H,20,25). The number of piperidine rings is 1. The topological polar surface area (TPSA) is 99.8 Å². The Hall–Kier alpha value is -2.48. The largest absolute Gasteiger partial charge is 0.396 e. The molecule has 3 rings (SSSR count). The van der Waals surface area contributed by atoms with Crippen LogP contribution in [0.15, 0.2) is 18.5 Å². The Morgan fingerprint density at radius 3 is 2.96 bits per heavy atom. The molecule has 0 aromatic carbocycles. The maximum atomic E-state index is 12.5. The summed E-state index contributed by atoms with van der Waals surface area (Å²) in [6.45, 7) is 5.10. The highest BCUT2D eigenvalue weighted by atomic mass is 16.3. The third kappa shape index (κ3) is 4.01. The molecule has 1 fully saturated rings. The average Bonchev–Trinajstić information content (AvgIpc) is 3.05. The monoisotopic (exact) mass is 359 g/mol. The highest BCUT2D eigenvalue weighted by Gasteiger charge is 2.26. The number of likely N-dealkylation sites (tertiary alicyclic amines) is 1. The van der Waals surface area contributed by atoms with Crippen LogP contribution in [-0.2, 0) is 11.2 Å². The Morgan fingerprint density at radius 1 is 1.42 bits per heavy atom. The van der Waals surface area contributed by atoms with Crippen LogP contribution < -0.4 is 5.32 Å². The Bertz CT molecular complexity index is 801. The van der Waals surface area contributed by atoms with Crippen molar-refractivity contribution in [1.82, 2.24) is 24.8 Å². The zero-order valence-corrected chi connectivity index (χ0v) is 15.2. The number of aliphatic hydroxyl groups excluding tert-OH is 1. The summed E-state index contributed by atoms with van der Waals surface area (Å²) < 4.78 is 1.55. The minimum atomic E-state index is -0.261. The molecule has 2 N–H and O–H groups in total. The van der Waals surface area contributed by atoms with Gasteiger partial charge in [0.2, 0.25) is 5.91 Å². The maximum absolute atomic E-state index is 12.5. The number of amides is 2. The normalized spacial score (nSPS) is 17.7. The first kappa shape index (κ1) is 18.3. The van der Waals surface area contributed by atoms with E-state index >= 15 is 0 Å². The Morgan fingerprint density at radius 2 is 2.23 bits per heavy atom. The van der Waals surface area contributed by atoms with Crippen molar-refractivity contribution in [2.75, 3.05) is 19.7 Å². The molecule has 0 aliphatic carbocycles. The third-order valence-electron chi connectivity index (χ3n) is 4.56. The lowest BCUT2D eigenvalue weighted by atomic mass is 10.0. The van der Waals surface area contributed by atoms with Crippen LogP contribution in [-0.4, -0.2) is 62.2 Å². The van der Waals surface area contributed by atoms with Gasteiger partial charge >= 0.3 is 0 Å². The van der Waals surface area contributed by atoms with Gasteiger partial charge in [-0.2, -0.15) is 5.10 Å². The molecule has 140 valence electrons. The summed E-state index contributed by atoms with van der Waals surface area (Å²) in [4.78, 5) is 30.8. The molecule has 1 atom stereocenters. The lowest BCUT2D eigenvalue weighted by molar-refractivity contribution is -0.135. The Kier molecular flexibility index (Phi) is 5.51. The van der Waals surface area contributed by atoms with Gasteiger partial charge in [0, 0.05) is 50.1 Å². The van der Waals surface area contributed by atoms with Crippen LogP contribution >= 0.6 is 0 Å². The molecular formula is C18H25N5O3. The van der Waals surface area contributed by atoms with E-state index in [2.05, 4.69) is 15.4 Å². The number of hydrogen-bond donors (Lipinski definition) is 2. The summed E-state index contributed by atoms with van der Waals surface area (Å²) in [5.74, 6) is -0.178. The highest BCUT2D eigenvalue weighted by Crippen LogP contribution is 2.14. The second kappa shape index (κ2) is 7.82. The van der Waals surface area contributed by atoms with Crippen LogP contribution in [0.1, 0.15) is 42.7 Å². The third-order valence-corrected chi connectivity index (χ3v) is 4.56. The lowest BCUT2D eigenvalue weighted by Crippen LogP contribution is -2.50. The van der Waals surface area contributed by atoms with Gasteiger partial charge in [-0.15, -0.1) is 0 Å². The molecule has 2 aromatic rings. The van der Waals surface area contributed by atoms with E-state index in [1.165, 1.54) is 0 Å². The number of rotatable bonds is 5. The number of aromatic nitrogens is 3. The van der Waals surface area contributed by atoms with Crippen LogP contribution in [0.25, 0.3) is 5.65 Å². The molecule has 3 heterocycles. The van der Waals surface area contributed by atoms with E-state index in [1.54, 1.807) is 23.0 Å². The molecule has 0 saturated carbocycles. The molecule has 0 radical (unpaired) electrons. The van der Waals surface area contributed by atoms with E-state index in [0.29, 0.717) is 24.3 Å². The first-order valence-electron chi connectivity index (χ1n) is 9.02. The van der Waals surface area contributed by atoms with E-state index in [4.69, 9.17) is 5.11 Å². The van der Waals surface area contributed by atoms with E-state index in [9.17, 15) is 9.59 Å². The van der Waals surface area contributed by atoms with Crippen LogP contribution in [0.3, 0.4) is 0 Å². The maximum Gasteiger partial charge on any atom is 0.272 e. The van der Waals surface area contributed by atoms with Crippen LogP contribution in [0.2, 0.25) is 0 Å². The van der Waals surface area contributed by atoms with Crippen LogP contribution in [0.4, 0.5) is 0 Å². The van der Waals surface area contributed by atoms with Crippen LogP contribution in [0, 0.1) is 5.92 Å². The van der Waals surface area contributed by atoms with Crippen molar-refractivity contribution >= 4 is 17.5 Å². The van der Waals surface area contributed by atoms with Gasteiger partial charge in [-0.25, -0.2) is 9.50 Å². The van der Waals surface area contributed by atoms with Gasteiger partial charge in [0.25, 0.3) is 5.91 Å². The minimum Gasteiger partial charge on any atom is -0.396 e. The molecular weight excluding hydrogens is 334 g/mol. The van der Waals surface area contributed by atoms with E-state index in [1.807, 2.05) is 18.7 Å². The molecule has 2 aromatic heterocycles. The van der Waals surface area contributed by atoms with Gasteiger partial charge in [0.05, 0.1) is 0 Å². The van der Waals surface area contributed by atoms with Gasteiger partial charge in [0.15, 0.2) is 11.3 Å². The zero-order valence-electron chi connectivity index (χ0n) is 15.2. The van der Waals surface area contributed by atoms with Crippen molar-refractivity contribution < 1.29 is 14.7 Å². The summed E-state index contributed by atoms with van der Waals surface area (Å²) in [6, 6.07) is 1.57. The molecule has 1 aliphatic rings. The predicted octanol–water partition coefficient (Wildman–Crippen LogP) is 0.641. The van der Waals surface area contributed by atoms with Crippen molar-refractivity contribution in [3.63, 3.8) is 0 Å². The van der Waals surface area contributed by atoms with E-state index in [0.717, 1.165) is 24.9 Å². The van der Waals surface area contributed by atoms with Crippen molar-refractivity contribution in [3.05, 3.63) is 29.7 Å². The zero-order chi connectivity index (χ0) is 18.7. The molecule has 8 nitrogen and oxygen atoms in total. The number of carbonyl (C=O) groups excluding carboxylic acids is 2. The number of carbonyl (C=O) groups is 2. The van der Waals surface area contributed by atoms with Crippen molar-refractivity contribution in [1.29, 1.82) is 0 Å². The quantitative estimate of drug-likeness (QED) is 0.816. The predicted molar refractivity (Wildman–Crippen MR) is 95.7 cm³/mol. The highest BCUT2D eigenvalue weighted by molar-refractivity contribution is 5.93. The fourth-order valence-corrected chi connectivity index (χ4v) is 3.20. The molecule has 8 heteroatoms. The number of fused-ring (bicyclic) bond motifs is 1. The van der Waals surface area contributed by atoms with Crippen molar-refractivity contribution in [2.24, 2.45) is 5.92 Å². The lowest BCUT2D eigenvalue weighted by Gasteiger charge is -2.34. The smallest absolute Gasteiger partial charge is 0.272 e.